The molecule has 3 aromatic carbocycles. The van der Waals surface area contributed by atoms with E-state index in [-0.39, 0.29) is 35.6 Å². The van der Waals surface area contributed by atoms with Crippen molar-refractivity contribution in [3.8, 4) is 27.3 Å². The van der Waals surface area contributed by atoms with Crippen molar-refractivity contribution in [2.75, 3.05) is 26.2 Å². The number of piperidine rings is 1. The van der Waals surface area contributed by atoms with Gasteiger partial charge < -0.3 is 15.4 Å². The van der Waals surface area contributed by atoms with Gasteiger partial charge in [0.2, 0.25) is 11.8 Å². The van der Waals surface area contributed by atoms with Crippen molar-refractivity contribution in [1.29, 1.82) is 0 Å². The summed E-state index contributed by atoms with van der Waals surface area (Å²) >= 11 is 20.3. The number of nitrogens with one attached hydrogen (secondary N) is 3. The van der Waals surface area contributed by atoms with Crippen LogP contribution in [-0.2, 0) is 15.0 Å². The van der Waals surface area contributed by atoms with Crippen LogP contribution in [0.1, 0.15) is 35.0 Å². The highest BCUT2D eigenvalue weighted by Gasteiger charge is 2.42. The minimum atomic E-state index is -0.868. The van der Waals surface area contributed by atoms with Gasteiger partial charge in [-0.25, -0.2) is 0 Å². The standard InChI is InChI=1S/C33H30Cl3N3O4S/c1-20(40)38-17-18-43-28-27(21-7-9-23(34)10-8-21)29(25-12-11-24(35)19-26(25)36)44-30(28)31(41)39-32(42)33(13-15-37-16-14-33)22-5-3-2-4-6-22/h2-12,19,37H,13-18H2,1H3,(H,38,40)(H,39,41,42). The molecule has 3 N–H and O–H groups in total. The van der Waals surface area contributed by atoms with Gasteiger partial charge in [-0.05, 0) is 61.3 Å². The molecule has 1 aliphatic rings. The van der Waals surface area contributed by atoms with Crippen molar-refractivity contribution in [3.63, 3.8) is 0 Å². The molecule has 1 aliphatic heterocycles. The van der Waals surface area contributed by atoms with Gasteiger partial charge in [0.1, 0.15) is 11.5 Å². The predicted octanol–water partition coefficient (Wildman–Crippen LogP) is 7.14. The fourth-order valence-electron chi connectivity index (χ4n) is 5.36. The van der Waals surface area contributed by atoms with E-state index in [0.717, 1.165) is 22.5 Å². The van der Waals surface area contributed by atoms with Crippen LogP contribution in [0, 0.1) is 0 Å². The number of rotatable bonds is 9. The van der Waals surface area contributed by atoms with Crippen LogP contribution < -0.4 is 20.7 Å². The molecule has 3 amide bonds. The van der Waals surface area contributed by atoms with Gasteiger partial charge in [0.15, 0.2) is 5.75 Å². The van der Waals surface area contributed by atoms with Crippen molar-refractivity contribution in [1.82, 2.24) is 16.0 Å². The summed E-state index contributed by atoms with van der Waals surface area (Å²) in [6, 6.07) is 21.8. The number of ether oxygens (including phenoxy) is 1. The third kappa shape index (κ3) is 6.95. The zero-order chi connectivity index (χ0) is 31.3. The number of carbonyl (C=O) groups is 3. The van der Waals surface area contributed by atoms with Crippen molar-refractivity contribution < 1.29 is 19.1 Å². The average molecular weight is 671 g/mol. The fraction of sp³-hybridized carbons (Fsp3) is 0.242. The van der Waals surface area contributed by atoms with Gasteiger partial charge in [0, 0.05) is 33.0 Å². The molecule has 7 nitrogen and oxygen atoms in total. The summed E-state index contributed by atoms with van der Waals surface area (Å²) < 4.78 is 6.24. The first-order valence-corrected chi connectivity index (χ1v) is 16.0. The maximum absolute atomic E-state index is 14.1. The molecule has 0 bridgehead atoms. The Balaban J connectivity index is 1.61. The number of halogens is 3. The summed E-state index contributed by atoms with van der Waals surface area (Å²) in [5.74, 6) is -0.892. The Kier molecular flexibility index (Phi) is 10.3. The molecule has 0 saturated carbocycles. The topological polar surface area (TPSA) is 96.5 Å². The van der Waals surface area contributed by atoms with E-state index in [1.807, 2.05) is 42.5 Å². The molecule has 0 aliphatic carbocycles. The van der Waals surface area contributed by atoms with E-state index < -0.39 is 11.3 Å². The molecular formula is C33H30Cl3N3O4S. The van der Waals surface area contributed by atoms with E-state index in [4.69, 9.17) is 39.5 Å². The molecule has 1 saturated heterocycles. The number of benzene rings is 3. The largest absolute Gasteiger partial charge is 0.489 e. The number of imide groups is 1. The van der Waals surface area contributed by atoms with Crippen molar-refractivity contribution in [2.45, 2.75) is 25.2 Å². The van der Waals surface area contributed by atoms with Crippen LogP contribution in [0.2, 0.25) is 15.1 Å². The zero-order valence-electron chi connectivity index (χ0n) is 23.8. The molecule has 2 heterocycles. The second-order valence-corrected chi connectivity index (χ2v) is 12.7. The van der Waals surface area contributed by atoms with E-state index >= 15 is 0 Å². The first-order valence-electron chi connectivity index (χ1n) is 14.1. The molecule has 1 aromatic heterocycles. The first kappa shape index (κ1) is 32.0. The van der Waals surface area contributed by atoms with Gasteiger partial charge >= 0.3 is 0 Å². The highest BCUT2D eigenvalue weighted by Crippen LogP contribution is 2.50. The summed E-state index contributed by atoms with van der Waals surface area (Å²) in [4.78, 5) is 40.5. The van der Waals surface area contributed by atoms with E-state index in [1.165, 1.54) is 6.92 Å². The van der Waals surface area contributed by atoms with Gasteiger partial charge in [-0.15, -0.1) is 11.3 Å². The van der Waals surface area contributed by atoms with Crippen LogP contribution in [0.3, 0.4) is 0 Å². The highest BCUT2D eigenvalue weighted by molar-refractivity contribution is 7.18. The summed E-state index contributed by atoms with van der Waals surface area (Å²) in [5.41, 5.74) is 1.97. The van der Waals surface area contributed by atoms with Gasteiger partial charge in [-0.3, -0.25) is 19.7 Å². The normalized spacial score (nSPS) is 14.1. The average Bonchev–Trinajstić information content (AvgIpc) is 3.39. The Bertz CT molecular complexity index is 1670. The van der Waals surface area contributed by atoms with E-state index in [2.05, 4.69) is 16.0 Å². The van der Waals surface area contributed by atoms with Crippen LogP contribution in [0.4, 0.5) is 0 Å². The van der Waals surface area contributed by atoms with Gasteiger partial charge in [0.05, 0.1) is 17.0 Å². The summed E-state index contributed by atoms with van der Waals surface area (Å²) in [7, 11) is 0. The van der Waals surface area contributed by atoms with Crippen LogP contribution in [0.15, 0.2) is 72.8 Å². The quantitative estimate of drug-likeness (QED) is 0.130. The molecule has 0 radical (unpaired) electrons. The van der Waals surface area contributed by atoms with Gasteiger partial charge in [-0.2, -0.15) is 0 Å². The Morgan fingerprint density at radius 1 is 0.932 bits per heavy atom. The molecule has 44 heavy (non-hydrogen) atoms. The number of amides is 3. The van der Waals surface area contributed by atoms with Crippen LogP contribution in [-0.4, -0.2) is 44.0 Å². The number of hydrogen-bond donors (Lipinski definition) is 3. The van der Waals surface area contributed by atoms with Crippen LogP contribution in [0.5, 0.6) is 5.75 Å². The monoisotopic (exact) mass is 669 g/mol. The molecule has 228 valence electrons. The highest BCUT2D eigenvalue weighted by atomic mass is 35.5. The van der Waals surface area contributed by atoms with E-state index in [9.17, 15) is 14.4 Å². The Hall–Kier alpha value is -3.40. The Morgan fingerprint density at radius 3 is 2.27 bits per heavy atom. The lowest BCUT2D eigenvalue weighted by molar-refractivity contribution is -0.126. The third-order valence-electron chi connectivity index (χ3n) is 7.55. The minimum Gasteiger partial charge on any atom is -0.489 e. The molecule has 5 rings (SSSR count). The predicted molar refractivity (Wildman–Crippen MR) is 177 cm³/mol. The second-order valence-electron chi connectivity index (χ2n) is 10.4. The summed E-state index contributed by atoms with van der Waals surface area (Å²) in [5, 5.41) is 10.1. The maximum atomic E-state index is 14.1. The number of carbonyl (C=O) groups excluding carboxylic acids is 3. The lowest BCUT2D eigenvalue weighted by Gasteiger charge is -2.36. The Labute approximate surface area is 274 Å². The van der Waals surface area contributed by atoms with Crippen molar-refractivity contribution in [3.05, 3.63) is 98.3 Å². The van der Waals surface area contributed by atoms with E-state index in [0.29, 0.717) is 57.0 Å². The number of hydrogen-bond acceptors (Lipinski definition) is 6. The van der Waals surface area contributed by atoms with Crippen LogP contribution in [0.25, 0.3) is 21.6 Å². The maximum Gasteiger partial charge on any atom is 0.271 e. The Morgan fingerprint density at radius 2 is 1.61 bits per heavy atom. The minimum absolute atomic E-state index is 0.0819. The smallest absolute Gasteiger partial charge is 0.271 e. The molecular weight excluding hydrogens is 641 g/mol. The third-order valence-corrected chi connectivity index (χ3v) is 9.55. The van der Waals surface area contributed by atoms with Crippen LogP contribution >= 0.6 is 46.1 Å². The SMILES string of the molecule is CC(=O)NCCOc1c(C(=O)NC(=O)C2(c3ccccc3)CCNCC2)sc(-c2ccc(Cl)cc2Cl)c1-c1ccc(Cl)cc1. The first-order chi connectivity index (χ1) is 21.2. The zero-order valence-corrected chi connectivity index (χ0v) is 26.9. The lowest BCUT2D eigenvalue weighted by atomic mass is 9.72. The second kappa shape index (κ2) is 14.1. The molecule has 1 fully saturated rings. The summed E-state index contributed by atoms with van der Waals surface area (Å²) in [6.45, 7) is 3.00. The van der Waals surface area contributed by atoms with Crippen molar-refractivity contribution in [2.24, 2.45) is 0 Å². The van der Waals surface area contributed by atoms with Crippen molar-refractivity contribution >= 4 is 63.9 Å². The molecule has 0 unspecified atom stereocenters. The summed E-state index contributed by atoms with van der Waals surface area (Å²) in [6.07, 6.45) is 1.09. The number of thiophene rings is 1. The molecule has 0 atom stereocenters. The fourth-order valence-corrected chi connectivity index (χ4v) is 7.25. The van der Waals surface area contributed by atoms with Gasteiger partial charge in [0.25, 0.3) is 5.91 Å². The van der Waals surface area contributed by atoms with E-state index in [1.54, 1.807) is 30.3 Å². The lowest BCUT2D eigenvalue weighted by Crippen LogP contribution is -2.52. The molecule has 4 aromatic rings. The van der Waals surface area contributed by atoms with Gasteiger partial charge in [-0.1, -0.05) is 83.3 Å². The molecule has 11 heteroatoms. The molecule has 0 spiro atoms.